The van der Waals surface area contributed by atoms with Crippen LogP contribution >= 0.6 is 46.4 Å². The number of H-pyrrole nitrogens is 2. The van der Waals surface area contributed by atoms with Crippen LogP contribution in [0.25, 0.3) is 11.6 Å². The van der Waals surface area contributed by atoms with Crippen LogP contribution in [-0.4, -0.2) is 221 Å². The number of carbonyl (C=O) groups excluding carboxylic acids is 4. The van der Waals surface area contributed by atoms with Crippen LogP contribution in [0.4, 0.5) is 9.59 Å². The van der Waals surface area contributed by atoms with Gasteiger partial charge in [-0.15, -0.1) is 15.3 Å². The van der Waals surface area contributed by atoms with Gasteiger partial charge in [-0.2, -0.15) is 19.6 Å². The molecule has 672 valence electrons. The monoisotopic (exact) mass is 1870 g/mol. The number of nitrogens with zero attached hydrogens (tertiary/aromatic N) is 13. The third-order valence-corrected chi connectivity index (χ3v) is 25.3. The molecule has 0 aliphatic rings. The van der Waals surface area contributed by atoms with Crippen molar-refractivity contribution in [3.8, 4) is 35.2 Å². The molecule has 0 saturated carbocycles. The van der Waals surface area contributed by atoms with Crippen molar-refractivity contribution >= 4 is 127 Å². The van der Waals surface area contributed by atoms with Crippen molar-refractivity contribution in [2.24, 2.45) is 12.2 Å². The molecule has 0 spiro atoms. The molecule has 0 fully saturated rings. The van der Waals surface area contributed by atoms with E-state index in [1.165, 1.54) is 52.1 Å². The fourth-order valence-corrected chi connectivity index (χ4v) is 13.5. The number of aliphatic hydroxyl groups excluding tert-OH is 1. The fourth-order valence-electron chi connectivity index (χ4n) is 8.34. The number of ether oxygens (including phenoxy) is 8. The number of nitrogens with two attached hydrogens (primary N) is 1. The zero-order chi connectivity index (χ0) is 92.2. The van der Waals surface area contributed by atoms with Gasteiger partial charge in [-0.3, -0.25) is 14.6 Å². The number of aromatic carboxylic acids is 1. The number of aryl methyl sites for hydroxylation is 2. The SMILES string of the molecule is CC(C)(C)OC(=O)n1ccc(=O)[nH]1.CC(C)(C)OC(=O)n1ccc(OCC[Si](C)(C)C)n1.CCOC(=O)c1ccc(-n2ccc(OCC[Si](C)(C)C)n2)nc1Cl.CCOC(=O)c1ccc(Cl)nc1Cl.C[Si](C)(C)CCO.C[Si](C)(C)CCOc1ccn(-c2ccc(C(=O)O)c(Cl)n2)n1.C[Si](C)(C)CCOc1ccn[nH]1.Cc1nn(C)cc1S(N)(=O)=O. The molecule has 34 nitrogen and oxygen atoms in total. The van der Waals surface area contributed by atoms with Gasteiger partial charge in [0, 0.05) is 115 Å². The summed E-state index contributed by atoms with van der Waals surface area (Å²) in [5.41, 5.74) is -0.556. The maximum absolute atomic E-state index is 11.7. The Balaban J connectivity index is 0.000000480. The number of carboxylic acids is 1. The zero-order valence-electron chi connectivity index (χ0n) is 74.0. The Labute approximate surface area is 734 Å². The number of rotatable bonds is 26. The van der Waals surface area contributed by atoms with E-state index in [0.29, 0.717) is 68.0 Å². The van der Waals surface area contributed by atoms with E-state index in [4.69, 9.17) is 99.7 Å². The highest BCUT2D eigenvalue weighted by atomic mass is 35.5. The molecule has 0 aliphatic carbocycles. The largest absolute Gasteiger partial charge is 0.478 e. The smallest absolute Gasteiger partial charge is 0.435 e. The van der Waals surface area contributed by atoms with Crippen LogP contribution < -0.4 is 29.6 Å². The minimum Gasteiger partial charge on any atom is -0.478 e. The Morgan fingerprint density at radius 3 is 1.26 bits per heavy atom. The first kappa shape index (κ1) is 108. The summed E-state index contributed by atoms with van der Waals surface area (Å²) >= 11 is 23.1. The van der Waals surface area contributed by atoms with Crippen molar-refractivity contribution in [2.45, 2.75) is 207 Å². The first-order valence-corrected chi connectivity index (χ1v) is 60.1. The average Bonchev–Trinajstić information content (AvgIpc) is 1.79. The summed E-state index contributed by atoms with van der Waals surface area (Å²) in [4.78, 5) is 79.5. The Hall–Kier alpha value is -8.83. The number of pyridine rings is 3. The summed E-state index contributed by atoms with van der Waals surface area (Å²) in [5, 5.41) is 47.9. The molecule has 121 heavy (non-hydrogen) atoms. The van der Waals surface area contributed by atoms with Crippen LogP contribution in [0, 0.1) is 6.92 Å². The molecule has 6 N–H and O–H groups in total. The zero-order valence-corrected chi connectivity index (χ0v) is 82.9. The quantitative estimate of drug-likeness (QED) is 0.0145. The minimum absolute atomic E-state index is 0.0378. The van der Waals surface area contributed by atoms with Crippen LogP contribution in [0.15, 0.2) is 114 Å². The summed E-state index contributed by atoms with van der Waals surface area (Å²) < 4.78 is 70.4. The molecular weight excluding hydrogens is 1750 g/mol. The molecule has 0 aliphatic heterocycles. The lowest BCUT2D eigenvalue weighted by atomic mass is 10.2. The number of aliphatic hydroxyl groups is 1. The molecule has 0 saturated heterocycles. The number of sulfonamides is 1. The van der Waals surface area contributed by atoms with Gasteiger partial charge >= 0.3 is 30.1 Å². The third kappa shape index (κ3) is 47.4. The Morgan fingerprint density at radius 2 is 0.926 bits per heavy atom. The first-order valence-electron chi connectivity index (χ1n) is 38.5. The lowest BCUT2D eigenvalue weighted by Gasteiger charge is -2.18. The number of primary sulfonamides is 1. The van der Waals surface area contributed by atoms with E-state index in [1.807, 2.05) is 26.8 Å². The number of hydrogen-bond acceptors (Lipinski definition) is 25. The number of halogens is 4. The molecule has 9 aromatic rings. The second-order valence-electron chi connectivity index (χ2n) is 34.5. The average molecular weight is 1870 g/mol. The highest BCUT2D eigenvalue weighted by Crippen LogP contribution is 2.24. The van der Waals surface area contributed by atoms with Crippen LogP contribution in [0.1, 0.15) is 92.2 Å². The number of carbonyl (C=O) groups is 5. The number of aromatic nitrogens is 15. The van der Waals surface area contributed by atoms with Gasteiger partial charge in [0.25, 0.3) is 5.56 Å². The molecular formula is C77H122Cl4N16O18SSi5. The van der Waals surface area contributed by atoms with Gasteiger partial charge in [0.2, 0.25) is 33.5 Å². The highest BCUT2D eigenvalue weighted by molar-refractivity contribution is 7.89. The van der Waals surface area contributed by atoms with Crippen LogP contribution in [0.2, 0.25) is 149 Å². The normalized spacial score (nSPS) is 11.5. The van der Waals surface area contributed by atoms with Gasteiger partial charge in [-0.1, -0.05) is 145 Å². The van der Waals surface area contributed by atoms with Gasteiger partial charge in [-0.05, 0) is 129 Å². The van der Waals surface area contributed by atoms with E-state index in [1.54, 1.807) is 114 Å². The van der Waals surface area contributed by atoms with E-state index in [2.05, 4.69) is 149 Å². The van der Waals surface area contributed by atoms with Crippen molar-refractivity contribution in [1.82, 2.24) is 74.1 Å². The molecule has 0 amide bonds. The predicted octanol–water partition coefficient (Wildman–Crippen LogP) is 16.9. The number of hydrogen-bond donors (Lipinski definition) is 5. The predicted molar refractivity (Wildman–Crippen MR) is 484 cm³/mol. The van der Waals surface area contributed by atoms with E-state index in [0.717, 1.165) is 46.0 Å². The molecule has 0 unspecified atom stereocenters. The van der Waals surface area contributed by atoms with E-state index in [-0.39, 0.29) is 54.4 Å². The van der Waals surface area contributed by atoms with Crippen molar-refractivity contribution < 1.29 is 80.5 Å². The summed E-state index contributed by atoms with van der Waals surface area (Å²) in [5.74, 6) is 1.15. The van der Waals surface area contributed by atoms with Gasteiger partial charge in [0.1, 0.15) is 36.7 Å². The maximum atomic E-state index is 11.7. The van der Waals surface area contributed by atoms with Gasteiger partial charge in [-0.25, -0.2) is 66.9 Å². The highest BCUT2D eigenvalue weighted by Gasteiger charge is 2.24. The molecule has 0 aromatic carbocycles. The fraction of sp³-hybridized carbons (Fsp3) is 0.506. The van der Waals surface area contributed by atoms with Crippen LogP contribution in [0.3, 0.4) is 0 Å². The summed E-state index contributed by atoms with van der Waals surface area (Å²) in [7, 11) is -7.19. The Morgan fingerprint density at radius 1 is 0.521 bits per heavy atom. The summed E-state index contributed by atoms with van der Waals surface area (Å²) in [6.07, 6.45) is 8.32. The molecule has 9 rings (SSSR count). The Kier molecular flexibility index (Phi) is 44.8. The van der Waals surface area contributed by atoms with Crippen LogP contribution in [-0.2, 0) is 36.0 Å². The molecule has 9 heterocycles. The number of carboxylic acid groups (broad SMARTS) is 1. The maximum Gasteiger partial charge on any atom is 0.435 e. The number of aromatic amines is 2. The minimum atomic E-state index is -3.60. The molecule has 0 radical (unpaired) electrons. The summed E-state index contributed by atoms with van der Waals surface area (Å²) in [6.45, 7) is 53.8. The van der Waals surface area contributed by atoms with Crippen molar-refractivity contribution in [3.05, 3.63) is 157 Å². The van der Waals surface area contributed by atoms with Crippen molar-refractivity contribution in [2.75, 3.05) is 46.2 Å². The van der Waals surface area contributed by atoms with Gasteiger partial charge in [0.05, 0.1) is 68.2 Å². The summed E-state index contributed by atoms with van der Waals surface area (Å²) in [6, 6.07) is 22.9. The molecule has 44 heteroatoms. The number of nitrogens with one attached hydrogen (secondary N) is 2. The third-order valence-electron chi connectivity index (χ3n) is 14.7. The number of esters is 2. The topological polar surface area (TPSA) is 436 Å². The molecule has 0 bridgehead atoms. The van der Waals surface area contributed by atoms with Gasteiger partial charge < -0.3 is 48.1 Å². The van der Waals surface area contributed by atoms with E-state index in [9.17, 15) is 37.2 Å². The van der Waals surface area contributed by atoms with E-state index < -0.39 is 91.7 Å². The molecule has 0 atom stereocenters. The standard InChI is InChI=1S/C16H22ClN3O3Si.C14H18ClN3O3Si.C13H24N2O3Si.C8H7Cl2NO2.C8H12N2O3.C8H16N2OSi.C5H9N3O2S.C5H14OSi/c1-5-22-16(21)12-6-7-13(18-15(12)17)20-9-8-14(19-20)23-10-11-24(2,3)4;1-22(2,3)9-8-21-12-6-7-18(17-12)11-5-4-10(14(19)20)13(15)16-11;1-13(2,3)18-12(16)15-8-7-11(14-15)17-9-10-19(4,5)6;1-2-13-8(12)5-3-4-6(9)11-7(5)10;1-8(2,3)13-7(12)10-5-4-6(11)9-10;1-12(2,3)7-6-11-8-4-5-9-10-8;1-4-5(11(6,9)10)3-8(2)7-4;1-7(2,3)5-4-6/h6-9H,5,10-11H2,1-4H3;4-7H,8-9H2,1-3H3,(H,19,20);7-8H,9-10H2,1-6H3;3-4H,2H2,1H3;4-5H,1-3H3,(H,9,11);4-5H,6-7H2,1-3H3,(H,9,10);3H,1-2H3,(H2,6,9,10);6H,4-5H2,1-3H3. The lowest BCUT2D eigenvalue weighted by Crippen LogP contribution is -2.28. The van der Waals surface area contributed by atoms with Crippen LogP contribution in [0.5, 0.6) is 23.5 Å². The van der Waals surface area contributed by atoms with Crippen molar-refractivity contribution in [1.29, 1.82) is 0 Å². The second-order valence-corrected chi connectivity index (χ2v) is 65.6. The second kappa shape index (κ2) is 50.1. The van der Waals surface area contributed by atoms with Gasteiger partial charge in [0.15, 0.2) is 11.6 Å². The Bertz CT molecular complexity index is 4860. The first-order chi connectivity index (χ1) is 55.7. The van der Waals surface area contributed by atoms with E-state index >= 15 is 0 Å². The molecule has 9 aromatic heterocycles. The lowest BCUT2D eigenvalue weighted by molar-refractivity contribution is 0.0502. The van der Waals surface area contributed by atoms with Crippen molar-refractivity contribution in [3.63, 3.8) is 0 Å².